The first-order valence-corrected chi connectivity index (χ1v) is 5.96. The minimum Gasteiger partial charge on any atom is -0.481 e. The van der Waals surface area contributed by atoms with Gasteiger partial charge in [-0.1, -0.05) is 0 Å². The summed E-state index contributed by atoms with van der Waals surface area (Å²) in [5.41, 5.74) is -0.553. The summed E-state index contributed by atoms with van der Waals surface area (Å²) in [5, 5.41) is 8.89. The molecule has 92 valence electrons. The predicted molar refractivity (Wildman–Crippen MR) is 59.4 cm³/mol. The van der Waals surface area contributed by atoms with E-state index in [-0.39, 0.29) is 11.9 Å². The quantitative estimate of drug-likeness (QED) is 0.611. The average molecular weight is 249 g/mol. The third-order valence-corrected chi connectivity index (χ3v) is 3.67. The molecule has 0 heterocycles. The van der Waals surface area contributed by atoms with E-state index in [4.69, 9.17) is 21.4 Å². The Bertz CT molecular complexity index is 269. The van der Waals surface area contributed by atoms with Gasteiger partial charge in [-0.3, -0.25) is 9.59 Å². The van der Waals surface area contributed by atoms with Crippen molar-refractivity contribution in [1.29, 1.82) is 0 Å². The zero-order chi connectivity index (χ0) is 12.2. The van der Waals surface area contributed by atoms with Crippen LogP contribution in [0.1, 0.15) is 32.1 Å². The van der Waals surface area contributed by atoms with Crippen molar-refractivity contribution in [1.82, 2.24) is 0 Å². The highest BCUT2D eigenvalue weighted by Crippen LogP contribution is 2.42. The molecule has 0 radical (unpaired) electrons. The summed E-state index contributed by atoms with van der Waals surface area (Å²) < 4.78 is 4.80. The van der Waals surface area contributed by atoms with Crippen molar-refractivity contribution in [3.8, 4) is 0 Å². The van der Waals surface area contributed by atoms with Gasteiger partial charge in [-0.2, -0.15) is 0 Å². The summed E-state index contributed by atoms with van der Waals surface area (Å²) in [6, 6.07) is 0. The standard InChI is InChI=1S/C11H17ClO4/c1-16-10(15)11(6-7-12)4-2-8(3-5-11)9(13)14/h8H,2-7H2,1H3,(H,13,14). The Hall–Kier alpha value is -0.770. The van der Waals surface area contributed by atoms with Crippen molar-refractivity contribution < 1.29 is 19.4 Å². The molecule has 0 aliphatic heterocycles. The first-order valence-electron chi connectivity index (χ1n) is 5.43. The van der Waals surface area contributed by atoms with Crippen LogP contribution in [0.2, 0.25) is 0 Å². The van der Waals surface area contributed by atoms with Gasteiger partial charge < -0.3 is 9.84 Å². The molecule has 1 aliphatic rings. The zero-order valence-electron chi connectivity index (χ0n) is 9.37. The summed E-state index contributed by atoms with van der Waals surface area (Å²) in [6.07, 6.45) is 2.74. The van der Waals surface area contributed by atoms with Crippen molar-refractivity contribution in [2.75, 3.05) is 13.0 Å². The maximum atomic E-state index is 11.7. The highest BCUT2D eigenvalue weighted by atomic mass is 35.5. The molecule has 4 nitrogen and oxygen atoms in total. The van der Waals surface area contributed by atoms with E-state index in [0.29, 0.717) is 38.0 Å². The van der Waals surface area contributed by atoms with Gasteiger partial charge in [0.1, 0.15) is 0 Å². The number of ether oxygens (including phenoxy) is 1. The molecule has 1 rings (SSSR count). The normalized spacial score (nSPS) is 29.8. The lowest BCUT2D eigenvalue weighted by Crippen LogP contribution is -2.38. The zero-order valence-corrected chi connectivity index (χ0v) is 10.1. The molecule has 16 heavy (non-hydrogen) atoms. The van der Waals surface area contributed by atoms with Crippen molar-refractivity contribution in [3.05, 3.63) is 0 Å². The average Bonchev–Trinajstić information content (AvgIpc) is 2.29. The van der Waals surface area contributed by atoms with Gasteiger partial charge in [0, 0.05) is 5.88 Å². The molecule has 0 aromatic heterocycles. The Balaban J connectivity index is 2.69. The van der Waals surface area contributed by atoms with E-state index in [1.54, 1.807) is 0 Å². The van der Waals surface area contributed by atoms with Gasteiger partial charge in [0.25, 0.3) is 0 Å². The van der Waals surface area contributed by atoms with Gasteiger partial charge >= 0.3 is 11.9 Å². The minimum atomic E-state index is -0.774. The van der Waals surface area contributed by atoms with Crippen LogP contribution in [0.4, 0.5) is 0 Å². The fraction of sp³-hybridized carbons (Fsp3) is 0.818. The second-order valence-electron chi connectivity index (χ2n) is 4.32. The topological polar surface area (TPSA) is 63.6 Å². The molecule has 1 N–H and O–H groups in total. The van der Waals surface area contributed by atoms with Crippen molar-refractivity contribution in [2.24, 2.45) is 11.3 Å². The number of esters is 1. The highest BCUT2D eigenvalue weighted by Gasteiger charge is 2.43. The number of carbonyl (C=O) groups is 2. The molecule has 0 atom stereocenters. The fourth-order valence-corrected chi connectivity index (χ4v) is 2.73. The molecule has 0 saturated heterocycles. The molecular weight excluding hydrogens is 232 g/mol. The summed E-state index contributed by atoms with van der Waals surface area (Å²) in [4.78, 5) is 22.5. The van der Waals surface area contributed by atoms with Crippen molar-refractivity contribution in [3.63, 3.8) is 0 Å². The van der Waals surface area contributed by atoms with Crippen LogP contribution in [-0.4, -0.2) is 30.0 Å². The number of carbonyl (C=O) groups excluding carboxylic acids is 1. The number of methoxy groups -OCH3 is 1. The Morgan fingerprint density at radius 3 is 2.38 bits per heavy atom. The molecule has 0 bridgehead atoms. The Morgan fingerprint density at radius 2 is 2.00 bits per heavy atom. The predicted octanol–water partition coefficient (Wildman–Crippen LogP) is 2.05. The summed E-state index contributed by atoms with van der Waals surface area (Å²) in [7, 11) is 1.36. The third-order valence-electron chi connectivity index (χ3n) is 3.48. The van der Waals surface area contributed by atoms with Gasteiger partial charge in [-0.15, -0.1) is 11.6 Å². The molecule has 0 amide bonds. The molecule has 1 saturated carbocycles. The van der Waals surface area contributed by atoms with Crippen molar-refractivity contribution >= 4 is 23.5 Å². The van der Waals surface area contributed by atoms with Crippen LogP contribution in [-0.2, 0) is 14.3 Å². The van der Waals surface area contributed by atoms with E-state index >= 15 is 0 Å². The summed E-state index contributed by atoms with van der Waals surface area (Å²) >= 11 is 5.70. The number of rotatable bonds is 4. The molecule has 0 unspecified atom stereocenters. The van der Waals surface area contributed by atoms with Crippen LogP contribution in [0.5, 0.6) is 0 Å². The lowest BCUT2D eigenvalue weighted by Gasteiger charge is -2.36. The van der Waals surface area contributed by atoms with E-state index in [9.17, 15) is 9.59 Å². The van der Waals surface area contributed by atoms with E-state index < -0.39 is 11.4 Å². The Labute approximate surface area is 99.9 Å². The molecular formula is C11H17ClO4. The smallest absolute Gasteiger partial charge is 0.311 e. The highest BCUT2D eigenvalue weighted by molar-refractivity contribution is 6.18. The van der Waals surface area contributed by atoms with E-state index in [0.717, 1.165) is 0 Å². The maximum Gasteiger partial charge on any atom is 0.311 e. The molecule has 1 aliphatic carbocycles. The lowest BCUT2D eigenvalue weighted by atomic mass is 9.69. The number of carboxylic acids is 1. The van der Waals surface area contributed by atoms with E-state index in [1.807, 2.05) is 0 Å². The fourth-order valence-electron chi connectivity index (χ4n) is 2.37. The van der Waals surface area contributed by atoms with E-state index in [1.165, 1.54) is 7.11 Å². The van der Waals surface area contributed by atoms with E-state index in [2.05, 4.69) is 0 Å². The summed E-state index contributed by atoms with van der Waals surface area (Å²) in [6.45, 7) is 0. The number of hydrogen-bond donors (Lipinski definition) is 1. The number of aliphatic carboxylic acids is 1. The molecule has 0 aromatic rings. The van der Waals surface area contributed by atoms with Gasteiger partial charge in [-0.25, -0.2) is 0 Å². The number of alkyl halides is 1. The third kappa shape index (κ3) is 2.67. The van der Waals surface area contributed by atoms with Crippen LogP contribution < -0.4 is 0 Å². The number of halogens is 1. The van der Waals surface area contributed by atoms with Gasteiger partial charge in [-0.05, 0) is 32.1 Å². The summed E-state index contributed by atoms with van der Waals surface area (Å²) in [5.74, 6) is -0.957. The van der Waals surface area contributed by atoms with Gasteiger partial charge in [0.05, 0.1) is 18.4 Å². The first kappa shape index (κ1) is 13.3. The molecule has 0 spiro atoms. The second kappa shape index (κ2) is 5.53. The molecule has 1 fully saturated rings. The number of carboxylic acid groups (broad SMARTS) is 1. The van der Waals surface area contributed by atoms with Crippen LogP contribution in [0.3, 0.4) is 0 Å². The maximum absolute atomic E-state index is 11.7. The Morgan fingerprint density at radius 1 is 1.44 bits per heavy atom. The first-order chi connectivity index (χ1) is 7.55. The largest absolute Gasteiger partial charge is 0.481 e. The van der Waals surface area contributed by atoms with Gasteiger partial charge in [0.2, 0.25) is 0 Å². The van der Waals surface area contributed by atoms with Crippen LogP contribution in [0.25, 0.3) is 0 Å². The molecule has 5 heteroatoms. The Kier molecular flexibility index (Phi) is 4.59. The SMILES string of the molecule is COC(=O)C1(CCCl)CCC(C(=O)O)CC1. The number of hydrogen-bond acceptors (Lipinski definition) is 3. The van der Waals surface area contributed by atoms with Crippen LogP contribution >= 0.6 is 11.6 Å². The second-order valence-corrected chi connectivity index (χ2v) is 4.70. The lowest BCUT2D eigenvalue weighted by molar-refractivity contribution is -0.158. The minimum absolute atomic E-state index is 0.253. The molecule has 0 aromatic carbocycles. The van der Waals surface area contributed by atoms with Gasteiger partial charge in [0.15, 0.2) is 0 Å². The monoisotopic (exact) mass is 248 g/mol. The van der Waals surface area contributed by atoms with Crippen LogP contribution in [0.15, 0.2) is 0 Å². The van der Waals surface area contributed by atoms with Crippen molar-refractivity contribution in [2.45, 2.75) is 32.1 Å². The van der Waals surface area contributed by atoms with Crippen LogP contribution in [0, 0.1) is 11.3 Å².